The number of para-hydroxylation sites is 1. The lowest BCUT2D eigenvalue weighted by atomic mass is 10.2. The number of carbonyl (C=O) groups excluding carboxylic acids is 2. The van der Waals surface area contributed by atoms with Crippen molar-refractivity contribution in [3.8, 4) is 0 Å². The molecular weight excluding hydrogens is 474 g/mol. The molecule has 10 heteroatoms. The Kier molecular flexibility index (Phi) is 8.40. The molecule has 2 aromatic carbocycles. The SMILES string of the molecule is CCCCN(CC)S(=O)(=O)c1ccc(C(=O)N=c2sc3cccc(C)c3n2CC(=O)OC)cc1. The summed E-state index contributed by atoms with van der Waals surface area (Å²) in [6.45, 7) is 6.50. The molecule has 0 saturated heterocycles. The molecule has 0 aliphatic carbocycles. The summed E-state index contributed by atoms with van der Waals surface area (Å²) >= 11 is 1.30. The van der Waals surface area contributed by atoms with Crippen molar-refractivity contribution in [2.24, 2.45) is 4.99 Å². The zero-order valence-corrected chi connectivity index (χ0v) is 21.4. The van der Waals surface area contributed by atoms with Gasteiger partial charge in [-0.3, -0.25) is 9.59 Å². The first kappa shape index (κ1) is 25.8. The predicted molar refractivity (Wildman–Crippen MR) is 132 cm³/mol. The van der Waals surface area contributed by atoms with Gasteiger partial charge in [0, 0.05) is 18.7 Å². The summed E-state index contributed by atoms with van der Waals surface area (Å²) in [5, 5.41) is 0. The fourth-order valence-corrected chi connectivity index (χ4v) is 6.18. The van der Waals surface area contributed by atoms with Gasteiger partial charge in [0.05, 0.1) is 22.2 Å². The molecule has 0 N–H and O–H groups in total. The first-order valence-electron chi connectivity index (χ1n) is 11.1. The zero-order chi connectivity index (χ0) is 24.9. The van der Waals surface area contributed by atoms with Crippen molar-refractivity contribution >= 4 is 43.5 Å². The van der Waals surface area contributed by atoms with Crippen LogP contribution in [0.25, 0.3) is 10.2 Å². The average molecular weight is 504 g/mol. The van der Waals surface area contributed by atoms with Gasteiger partial charge in [-0.25, -0.2) is 8.42 Å². The normalized spacial score (nSPS) is 12.4. The van der Waals surface area contributed by atoms with Gasteiger partial charge in [0.2, 0.25) is 10.0 Å². The lowest BCUT2D eigenvalue weighted by molar-refractivity contribution is -0.141. The van der Waals surface area contributed by atoms with E-state index in [2.05, 4.69) is 4.99 Å². The molecule has 0 bridgehead atoms. The number of rotatable bonds is 9. The van der Waals surface area contributed by atoms with Crippen LogP contribution in [-0.4, -0.2) is 49.4 Å². The van der Waals surface area contributed by atoms with E-state index in [0.29, 0.717) is 17.9 Å². The fraction of sp³-hybridized carbons (Fsp3) is 0.375. The van der Waals surface area contributed by atoms with Crippen LogP contribution in [0.5, 0.6) is 0 Å². The van der Waals surface area contributed by atoms with Crippen molar-refractivity contribution in [1.82, 2.24) is 8.87 Å². The van der Waals surface area contributed by atoms with E-state index in [-0.39, 0.29) is 17.0 Å². The number of ether oxygens (including phenoxy) is 1. The Morgan fingerprint density at radius 1 is 1.12 bits per heavy atom. The second-order valence-corrected chi connectivity index (χ2v) is 10.7. The number of unbranched alkanes of at least 4 members (excludes halogenated alkanes) is 1. The number of nitrogens with zero attached hydrogens (tertiary/aromatic N) is 3. The molecule has 1 heterocycles. The molecule has 3 aromatic rings. The van der Waals surface area contributed by atoms with E-state index in [9.17, 15) is 18.0 Å². The third kappa shape index (κ3) is 5.45. The van der Waals surface area contributed by atoms with Gasteiger partial charge in [0.25, 0.3) is 5.91 Å². The minimum absolute atomic E-state index is 0.0741. The van der Waals surface area contributed by atoms with Crippen LogP contribution in [-0.2, 0) is 26.1 Å². The largest absolute Gasteiger partial charge is 0.468 e. The second kappa shape index (κ2) is 11.1. The Morgan fingerprint density at radius 2 is 1.82 bits per heavy atom. The van der Waals surface area contributed by atoms with Gasteiger partial charge in [-0.15, -0.1) is 0 Å². The number of carbonyl (C=O) groups is 2. The summed E-state index contributed by atoms with van der Waals surface area (Å²) in [5.74, 6) is -0.972. The van der Waals surface area contributed by atoms with Crippen molar-refractivity contribution in [2.45, 2.75) is 45.1 Å². The maximum atomic E-state index is 12.9. The quantitative estimate of drug-likeness (QED) is 0.415. The van der Waals surface area contributed by atoms with E-state index in [1.165, 1.54) is 47.0 Å². The number of amides is 1. The van der Waals surface area contributed by atoms with Crippen LogP contribution < -0.4 is 4.80 Å². The second-order valence-electron chi connectivity index (χ2n) is 7.76. The fourth-order valence-electron chi connectivity index (χ4n) is 3.59. The Morgan fingerprint density at radius 3 is 2.44 bits per heavy atom. The molecule has 0 aliphatic rings. The number of sulfonamides is 1. The summed E-state index contributed by atoms with van der Waals surface area (Å²) in [6, 6.07) is 11.5. The minimum atomic E-state index is -3.63. The van der Waals surface area contributed by atoms with Crippen molar-refractivity contribution < 1.29 is 22.7 Å². The molecule has 3 rings (SSSR count). The van der Waals surface area contributed by atoms with E-state index in [4.69, 9.17) is 4.74 Å². The van der Waals surface area contributed by atoms with Crippen LogP contribution in [0.15, 0.2) is 52.4 Å². The third-order valence-corrected chi connectivity index (χ3v) is 8.50. The molecule has 0 atom stereocenters. The number of aromatic nitrogens is 1. The Hall–Kier alpha value is -2.82. The van der Waals surface area contributed by atoms with Gasteiger partial charge in [-0.05, 0) is 49.2 Å². The number of esters is 1. The monoisotopic (exact) mass is 503 g/mol. The summed E-state index contributed by atoms with van der Waals surface area (Å²) < 4.78 is 34.7. The Labute approximate surface area is 203 Å². The lowest BCUT2D eigenvalue weighted by Gasteiger charge is -2.20. The number of benzene rings is 2. The number of thiazole rings is 1. The van der Waals surface area contributed by atoms with Gasteiger partial charge in [-0.1, -0.05) is 43.7 Å². The molecule has 0 radical (unpaired) electrons. The number of hydrogen-bond donors (Lipinski definition) is 0. The predicted octanol–water partition coefficient (Wildman–Crippen LogP) is 3.74. The van der Waals surface area contributed by atoms with Crippen molar-refractivity contribution in [1.29, 1.82) is 0 Å². The standard InChI is InChI=1S/C24H29N3O5S2/c1-5-7-15-26(6-2)34(30,31)19-13-11-18(12-14-19)23(29)25-24-27(16-21(28)32-4)22-17(3)9-8-10-20(22)33-24/h8-14H,5-7,15-16H2,1-4H3. The van der Waals surface area contributed by atoms with E-state index in [1.54, 1.807) is 11.5 Å². The molecule has 8 nitrogen and oxygen atoms in total. The van der Waals surface area contributed by atoms with Gasteiger partial charge in [0.1, 0.15) is 6.54 Å². The molecule has 0 fully saturated rings. The smallest absolute Gasteiger partial charge is 0.325 e. The third-order valence-electron chi connectivity index (χ3n) is 5.47. The van der Waals surface area contributed by atoms with Crippen LogP contribution in [0, 0.1) is 6.92 Å². The number of methoxy groups -OCH3 is 1. The number of aryl methyl sites for hydroxylation is 1. The molecular formula is C24H29N3O5S2. The maximum absolute atomic E-state index is 12.9. The molecule has 1 aromatic heterocycles. The van der Waals surface area contributed by atoms with Crippen LogP contribution in [0.2, 0.25) is 0 Å². The van der Waals surface area contributed by atoms with Gasteiger partial charge < -0.3 is 9.30 Å². The van der Waals surface area contributed by atoms with Crippen LogP contribution in [0.3, 0.4) is 0 Å². The van der Waals surface area contributed by atoms with Crippen LogP contribution in [0.1, 0.15) is 42.6 Å². The first-order valence-corrected chi connectivity index (χ1v) is 13.3. The van der Waals surface area contributed by atoms with Crippen LogP contribution in [0.4, 0.5) is 0 Å². The zero-order valence-electron chi connectivity index (χ0n) is 19.8. The highest BCUT2D eigenvalue weighted by Crippen LogP contribution is 2.22. The highest BCUT2D eigenvalue weighted by atomic mass is 32.2. The van der Waals surface area contributed by atoms with E-state index in [1.807, 2.05) is 32.0 Å². The molecule has 34 heavy (non-hydrogen) atoms. The van der Waals surface area contributed by atoms with Crippen molar-refractivity contribution in [3.63, 3.8) is 0 Å². The highest BCUT2D eigenvalue weighted by molar-refractivity contribution is 7.89. The van der Waals surface area contributed by atoms with Crippen LogP contribution >= 0.6 is 11.3 Å². The summed E-state index contributed by atoms with van der Waals surface area (Å²) in [5.41, 5.74) is 2.02. The molecule has 0 saturated carbocycles. The number of hydrogen-bond acceptors (Lipinski definition) is 6. The van der Waals surface area contributed by atoms with Gasteiger partial charge in [0.15, 0.2) is 4.80 Å². The topological polar surface area (TPSA) is 98.0 Å². The number of fused-ring (bicyclic) bond motifs is 1. The molecule has 0 unspecified atom stereocenters. The summed E-state index contributed by atoms with van der Waals surface area (Å²) in [7, 11) is -2.32. The minimum Gasteiger partial charge on any atom is -0.468 e. The Bertz CT molecular complexity index is 1360. The molecule has 0 aliphatic heterocycles. The molecule has 182 valence electrons. The molecule has 0 spiro atoms. The summed E-state index contributed by atoms with van der Waals surface area (Å²) in [4.78, 5) is 29.7. The molecule has 1 amide bonds. The van der Waals surface area contributed by atoms with Crippen molar-refractivity contribution in [2.75, 3.05) is 20.2 Å². The van der Waals surface area contributed by atoms with Gasteiger partial charge >= 0.3 is 5.97 Å². The Balaban J connectivity index is 1.97. The van der Waals surface area contributed by atoms with Gasteiger partial charge in [-0.2, -0.15) is 9.30 Å². The first-order chi connectivity index (χ1) is 16.2. The van der Waals surface area contributed by atoms with E-state index < -0.39 is 21.9 Å². The lowest BCUT2D eigenvalue weighted by Crippen LogP contribution is -2.31. The van der Waals surface area contributed by atoms with E-state index in [0.717, 1.165) is 28.6 Å². The summed E-state index contributed by atoms with van der Waals surface area (Å²) in [6.07, 6.45) is 1.68. The van der Waals surface area contributed by atoms with Crippen molar-refractivity contribution in [3.05, 3.63) is 58.4 Å². The van der Waals surface area contributed by atoms with E-state index >= 15 is 0 Å². The highest BCUT2D eigenvalue weighted by Gasteiger charge is 2.23. The average Bonchev–Trinajstić information content (AvgIpc) is 3.17. The maximum Gasteiger partial charge on any atom is 0.325 e.